The summed E-state index contributed by atoms with van der Waals surface area (Å²) in [6.07, 6.45) is 5.38. The first-order valence-electron chi connectivity index (χ1n) is 14.7. The number of nitrogens with zero attached hydrogens (tertiary/aromatic N) is 3. The summed E-state index contributed by atoms with van der Waals surface area (Å²) in [4.78, 5) is 46.3. The highest BCUT2D eigenvalue weighted by Gasteiger charge is 2.48. The average Bonchev–Trinajstić information content (AvgIpc) is 3.91. The molecule has 1 unspecified atom stereocenters. The Hall–Kier alpha value is -2.28. The SMILES string of the molecule is CN(C(=O)c1ccc(Cl)cc1C1CC1)[C@@H]1CN(C(=O)C2CCN(C(=O)C3(C)CC3)CC2)CC1c1ccc(Cl)c(Cl)c1. The van der Waals surface area contributed by atoms with Gasteiger partial charge in [-0.05, 0) is 85.9 Å². The summed E-state index contributed by atoms with van der Waals surface area (Å²) < 4.78 is 0. The lowest BCUT2D eigenvalue weighted by Crippen LogP contribution is -2.46. The van der Waals surface area contributed by atoms with E-state index >= 15 is 0 Å². The van der Waals surface area contributed by atoms with Gasteiger partial charge in [-0.2, -0.15) is 0 Å². The van der Waals surface area contributed by atoms with Crippen molar-refractivity contribution in [3.63, 3.8) is 0 Å². The van der Waals surface area contributed by atoms with Gasteiger partial charge >= 0.3 is 0 Å². The topological polar surface area (TPSA) is 60.9 Å². The van der Waals surface area contributed by atoms with E-state index in [0.717, 1.165) is 36.8 Å². The number of likely N-dealkylation sites (tertiary alicyclic amines) is 2. The number of halogens is 3. The van der Waals surface area contributed by atoms with Crippen molar-refractivity contribution in [1.82, 2.24) is 14.7 Å². The van der Waals surface area contributed by atoms with Crippen LogP contribution in [0.2, 0.25) is 15.1 Å². The van der Waals surface area contributed by atoms with Crippen LogP contribution >= 0.6 is 34.8 Å². The molecule has 6 nitrogen and oxygen atoms in total. The second kappa shape index (κ2) is 11.1. The number of carbonyl (C=O) groups is 3. The molecule has 6 rings (SSSR count). The maximum Gasteiger partial charge on any atom is 0.254 e. The zero-order valence-corrected chi connectivity index (χ0v) is 25.8. The number of amides is 3. The quantitative estimate of drug-likeness (QED) is 0.366. The molecular formula is C32H36Cl3N3O3. The fourth-order valence-electron chi connectivity index (χ4n) is 6.60. The average molecular weight is 617 g/mol. The molecule has 2 aliphatic heterocycles. The second-order valence-electron chi connectivity index (χ2n) is 12.6. The van der Waals surface area contributed by atoms with E-state index in [4.69, 9.17) is 34.8 Å². The van der Waals surface area contributed by atoms with E-state index in [-0.39, 0.29) is 41.0 Å². The van der Waals surface area contributed by atoms with Crippen LogP contribution in [-0.4, -0.2) is 71.7 Å². The molecule has 0 aromatic heterocycles. The Balaban J connectivity index is 1.22. The number of carbonyl (C=O) groups excluding carboxylic acids is 3. The Morgan fingerprint density at radius 1 is 0.878 bits per heavy atom. The smallest absolute Gasteiger partial charge is 0.254 e. The van der Waals surface area contributed by atoms with Gasteiger partial charge in [-0.15, -0.1) is 0 Å². The molecule has 2 aromatic rings. The van der Waals surface area contributed by atoms with Crippen LogP contribution in [0.1, 0.15) is 78.8 Å². The molecule has 2 saturated heterocycles. The van der Waals surface area contributed by atoms with E-state index in [1.165, 1.54) is 0 Å². The Labute approximate surface area is 256 Å². The van der Waals surface area contributed by atoms with Crippen molar-refractivity contribution in [2.75, 3.05) is 33.2 Å². The molecule has 218 valence electrons. The summed E-state index contributed by atoms with van der Waals surface area (Å²) in [6, 6.07) is 10.9. The number of benzene rings is 2. The Morgan fingerprint density at radius 2 is 1.59 bits per heavy atom. The van der Waals surface area contributed by atoms with Gasteiger partial charge in [-0.1, -0.05) is 47.8 Å². The van der Waals surface area contributed by atoms with Gasteiger partial charge in [-0.25, -0.2) is 0 Å². The van der Waals surface area contributed by atoms with E-state index in [2.05, 4.69) is 0 Å². The van der Waals surface area contributed by atoms with Crippen LogP contribution in [0.15, 0.2) is 36.4 Å². The standard InChI is InChI=1S/C32H36Cl3N3O3/c1-32(11-12-32)31(41)37-13-9-20(10-14-37)29(39)38-17-25(21-5-8-26(34)27(35)15-21)28(18-38)36(2)30(40)23-7-6-22(33)16-24(23)19-3-4-19/h5-8,15-16,19-20,25,28H,3-4,9-14,17-18H2,1-2H3/t25?,28-/m1/s1. The summed E-state index contributed by atoms with van der Waals surface area (Å²) >= 11 is 18.9. The lowest BCUT2D eigenvalue weighted by atomic mass is 9.92. The molecule has 2 saturated carbocycles. The largest absolute Gasteiger partial charge is 0.342 e. The van der Waals surface area contributed by atoms with Gasteiger partial charge in [0.2, 0.25) is 11.8 Å². The van der Waals surface area contributed by atoms with Crippen LogP contribution in [-0.2, 0) is 9.59 Å². The monoisotopic (exact) mass is 615 g/mol. The second-order valence-corrected chi connectivity index (χ2v) is 13.9. The summed E-state index contributed by atoms with van der Waals surface area (Å²) in [5, 5.41) is 1.56. The lowest BCUT2D eigenvalue weighted by Gasteiger charge is -2.34. The predicted octanol–water partition coefficient (Wildman–Crippen LogP) is 6.63. The van der Waals surface area contributed by atoms with Crippen LogP contribution in [0.25, 0.3) is 0 Å². The first-order chi connectivity index (χ1) is 19.6. The Morgan fingerprint density at radius 3 is 2.22 bits per heavy atom. The van der Waals surface area contributed by atoms with Gasteiger partial charge in [0.1, 0.15) is 0 Å². The van der Waals surface area contributed by atoms with Crippen molar-refractivity contribution in [1.29, 1.82) is 0 Å². The van der Waals surface area contributed by atoms with Gasteiger partial charge < -0.3 is 14.7 Å². The van der Waals surface area contributed by atoms with Gasteiger partial charge in [0, 0.05) is 61.1 Å². The van der Waals surface area contributed by atoms with E-state index in [9.17, 15) is 14.4 Å². The number of hydrogen-bond acceptors (Lipinski definition) is 3. The van der Waals surface area contributed by atoms with Crippen LogP contribution in [0.4, 0.5) is 0 Å². The van der Waals surface area contributed by atoms with Crippen molar-refractivity contribution in [2.45, 2.75) is 63.3 Å². The molecule has 9 heteroatoms. The first kappa shape index (κ1) is 28.8. The maximum absolute atomic E-state index is 14.0. The number of hydrogen-bond donors (Lipinski definition) is 0. The maximum atomic E-state index is 14.0. The van der Waals surface area contributed by atoms with Crippen molar-refractivity contribution >= 4 is 52.5 Å². The molecular weight excluding hydrogens is 581 g/mol. The molecule has 0 radical (unpaired) electrons. The molecule has 2 atom stereocenters. The fraction of sp³-hybridized carbons (Fsp3) is 0.531. The summed E-state index contributed by atoms with van der Waals surface area (Å²) in [5.74, 6) is 0.404. The molecule has 0 N–H and O–H groups in total. The Kier molecular flexibility index (Phi) is 7.80. The highest BCUT2D eigenvalue weighted by atomic mass is 35.5. The third kappa shape index (κ3) is 5.72. The molecule has 0 bridgehead atoms. The first-order valence-corrected chi connectivity index (χ1v) is 15.8. The molecule has 2 aliphatic carbocycles. The van der Waals surface area contributed by atoms with Gasteiger partial charge in [-0.3, -0.25) is 14.4 Å². The molecule has 0 spiro atoms. The summed E-state index contributed by atoms with van der Waals surface area (Å²) in [5.41, 5.74) is 2.45. The van der Waals surface area contributed by atoms with Crippen molar-refractivity contribution in [2.24, 2.45) is 11.3 Å². The highest BCUT2D eigenvalue weighted by molar-refractivity contribution is 6.42. The lowest BCUT2D eigenvalue weighted by molar-refractivity contribution is -0.142. The Bertz CT molecular complexity index is 1380. The molecule has 3 amide bonds. The van der Waals surface area contributed by atoms with E-state index in [0.29, 0.717) is 65.6 Å². The zero-order chi connectivity index (χ0) is 29.1. The van der Waals surface area contributed by atoms with Gasteiger partial charge in [0.25, 0.3) is 5.91 Å². The van der Waals surface area contributed by atoms with Crippen molar-refractivity contribution < 1.29 is 14.4 Å². The number of rotatable bonds is 6. The molecule has 2 aromatic carbocycles. The summed E-state index contributed by atoms with van der Waals surface area (Å²) in [6.45, 7) is 4.21. The zero-order valence-electron chi connectivity index (χ0n) is 23.5. The van der Waals surface area contributed by atoms with Gasteiger partial charge in [0.05, 0.1) is 16.1 Å². The minimum atomic E-state index is -0.233. The van der Waals surface area contributed by atoms with Crippen LogP contribution in [0, 0.1) is 11.3 Å². The molecule has 4 fully saturated rings. The number of piperidine rings is 1. The van der Waals surface area contributed by atoms with E-state index in [1.807, 2.05) is 48.0 Å². The predicted molar refractivity (Wildman–Crippen MR) is 162 cm³/mol. The minimum Gasteiger partial charge on any atom is -0.342 e. The van der Waals surface area contributed by atoms with E-state index < -0.39 is 0 Å². The van der Waals surface area contributed by atoms with E-state index in [1.54, 1.807) is 17.0 Å². The van der Waals surface area contributed by atoms with Crippen LogP contribution < -0.4 is 0 Å². The molecule has 4 aliphatic rings. The minimum absolute atomic E-state index is 0.0617. The van der Waals surface area contributed by atoms with Crippen LogP contribution in [0.5, 0.6) is 0 Å². The highest BCUT2D eigenvalue weighted by Crippen LogP contribution is 2.47. The molecule has 2 heterocycles. The molecule has 41 heavy (non-hydrogen) atoms. The van der Waals surface area contributed by atoms with Gasteiger partial charge in [0.15, 0.2) is 0 Å². The van der Waals surface area contributed by atoms with Crippen molar-refractivity contribution in [3.05, 3.63) is 68.2 Å². The fourth-order valence-corrected chi connectivity index (χ4v) is 7.09. The normalized spacial score (nSPS) is 23.9. The number of likely N-dealkylation sites (N-methyl/N-ethyl adjacent to an activating group) is 1. The third-order valence-electron chi connectivity index (χ3n) is 9.70. The van der Waals surface area contributed by atoms with Crippen LogP contribution in [0.3, 0.4) is 0 Å². The van der Waals surface area contributed by atoms with Crippen molar-refractivity contribution in [3.8, 4) is 0 Å². The summed E-state index contributed by atoms with van der Waals surface area (Å²) in [7, 11) is 1.83. The third-order valence-corrected chi connectivity index (χ3v) is 10.7.